The predicted octanol–water partition coefficient (Wildman–Crippen LogP) is 3.33. The van der Waals surface area contributed by atoms with E-state index in [1.54, 1.807) is 6.07 Å². The van der Waals surface area contributed by atoms with Gasteiger partial charge in [0.15, 0.2) is 6.61 Å². The van der Waals surface area contributed by atoms with Gasteiger partial charge in [-0.05, 0) is 48.0 Å². The molecule has 0 aliphatic rings. The van der Waals surface area contributed by atoms with Gasteiger partial charge in [0.25, 0.3) is 0 Å². The maximum absolute atomic E-state index is 10.9. The molecule has 6 heteroatoms. The fourth-order valence-corrected chi connectivity index (χ4v) is 1.85. The highest BCUT2D eigenvalue weighted by atomic mass is 79.9. The average Bonchev–Trinajstić information content (AvgIpc) is 2.67. The summed E-state index contributed by atoms with van der Waals surface area (Å²) in [7, 11) is 0. The number of hydrogen-bond acceptors (Lipinski definition) is 4. The number of benzene rings is 1. The van der Waals surface area contributed by atoms with Crippen LogP contribution in [0.25, 0.3) is 0 Å². The maximum atomic E-state index is 10.9. The molecule has 0 saturated carbocycles. The van der Waals surface area contributed by atoms with Crippen LogP contribution in [0.2, 0.25) is 0 Å². The molecule has 1 N–H and O–H groups in total. The number of carboxylic acids is 1. The second kappa shape index (κ2) is 5.44. The minimum atomic E-state index is -1.000. The highest BCUT2D eigenvalue weighted by Gasteiger charge is 2.10. The molecule has 0 aliphatic heterocycles. The Bertz CT molecular complexity index is 602. The number of carboxylic acid groups (broad SMARTS) is 1. The fourth-order valence-electron chi connectivity index (χ4n) is 1.49. The van der Waals surface area contributed by atoms with Gasteiger partial charge in [0.1, 0.15) is 11.5 Å². The molecule has 0 radical (unpaired) electrons. The zero-order valence-electron chi connectivity index (χ0n) is 10.4. The Balaban J connectivity index is 2.14. The average molecular weight is 326 g/mol. The minimum absolute atomic E-state index is 0.149. The van der Waals surface area contributed by atoms with Gasteiger partial charge in [0, 0.05) is 0 Å². The summed E-state index contributed by atoms with van der Waals surface area (Å²) in [4.78, 5) is 15.1. The Labute approximate surface area is 118 Å². The largest absolute Gasteiger partial charge is 0.483 e. The number of aryl methyl sites for hydroxylation is 2. The molecule has 5 nitrogen and oxygen atoms in total. The molecular weight excluding hydrogens is 314 g/mol. The molecule has 1 aromatic carbocycles. The Hall–Kier alpha value is -1.82. The highest BCUT2D eigenvalue weighted by Crippen LogP contribution is 2.27. The smallest absolute Gasteiger partial charge is 0.335 e. The number of carbonyl (C=O) groups is 1. The molecule has 19 heavy (non-hydrogen) atoms. The molecule has 1 aromatic heterocycles. The van der Waals surface area contributed by atoms with E-state index >= 15 is 0 Å². The van der Waals surface area contributed by atoms with Crippen LogP contribution in [-0.2, 0) is 6.61 Å². The normalized spacial score (nSPS) is 10.5. The summed E-state index contributed by atoms with van der Waals surface area (Å²) in [6.45, 7) is 3.83. The van der Waals surface area contributed by atoms with Gasteiger partial charge in [-0.15, -0.1) is 0 Å². The molecule has 2 rings (SSSR count). The van der Waals surface area contributed by atoms with E-state index in [1.807, 2.05) is 13.8 Å². The van der Waals surface area contributed by atoms with Crippen LogP contribution >= 0.6 is 15.9 Å². The molecule has 1 heterocycles. The monoisotopic (exact) mass is 325 g/mol. The Kier molecular flexibility index (Phi) is 3.90. The third-order valence-corrected chi connectivity index (χ3v) is 3.26. The zero-order chi connectivity index (χ0) is 14.0. The van der Waals surface area contributed by atoms with E-state index in [2.05, 4.69) is 20.9 Å². The van der Waals surface area contributed by atoms with Crippen molar-refractivity contribution >= 4 is 21.9 Å². The van der Waals surface area contributed by atoms with Crippen molar-refractivity contribution in [1.82, 2.24) is 4.98 Å². The van der Waals surface area contributed by atoms with Gasteiger partial charge in [-0.3, -0.25) is 0 Å². The summed E-state index contributed by atoms with van der Waals surface area (Å²) in [5.74, 6) is 0.646. The lowest BCUT2D eigenvalue weighted by atomic mass is 10.2. The number of rotatable bonds is 4. The van der Waals surface area contributed by atoms with Crippen LogP contribution in [0.3, 0.4) is 0 Å². The van der Waals surface area contributed by atoms with Crippen LogP contribution in [0.15, 0.2) is 27.1 Å². The molecule has 0 fully saturated rings. The molecule has 0 unspecified atom stereocenters. The van der Waals surface area contributed by atoms with Gasteiger partial charge >= 0.3 is 5.97 Å². The van der Waals surface area contributed by atoms with E-state index in [0.29, 0.717) is 16.1 Å². The van der Waals surface area contributed by atoms with Crippen LogP contribution in [0, 0.1) is 13.8 Å². The van der Waals surface area contributed by atoms with Crippen molar-refractivity contribution in [2.75, 3.05) is 0 Å². The topological polar surface area (TPSA) is 72.6 Å². The van der Waals surface area contributed by atoms with Crippen molar-refractivity contribution in [2.45, 2.75) is 20.5 Å². The molecule has 2 aromatic rings. The number of nitrogens with zero attached hydrogens (tertiary/aromatic N) is 1. The van der Waals surface area contributed by atoms with Gasteiger partial charge in [-0.1, -0.05) is 0 Å². The van der Waals surface area contributed by atoms with Crippen LogP contribution in [0.4, 0.5) is 0 Å². The van der Waals surface area contributed by atoms with Crippen LogP contribution in [-0.4, -0.2) is 16.1 Å². The van der Waals surface area contributed by atoms with Gasteiger partial charge in [0.2, 0.25) is 5.89 Å². The van der Waals surface area contributed by atoms with Gasteiger partial charge < -0.3 is 14.3 Å². The van der Waals surface area contributed by atoms with Crippen molar-refractivity contribution in [3.63, 3.8) is 0 Å². The summed E-state index contributed by atoms with van der Waals surface area (Å²) in [6.07, 6.45) is 0. The lowest BCUT2D eigenvalue weighted by Crippen LogP contribution is -2.00. The van der Waals surface area contributed by atoms with Crippen LogP contribution in [0.1, 0.15) is 27.7 Å². The van der Waals surface area contributed by atoms with Gasteiger partial charge in [-0.2, -0.15) is 0 Å². The fraction of sp³-hybridized carbons (Fsp3) is 0.231. The van der Waals surface area contributed by atoms with Crippen molar-refractivity contribution in [3.8, 4) is 5.75 Å². The van der Waals surface area contributed by atoms with E-state index in [0.717, 1.165) is 11.5 Å². The standard InChI is InChI=1S/C13H12BrNO4/c1-7-8(2)19-12(15-7)6-18-11-5-9(13(16)17)3-4-10(11)14/h3-5H,6H2,1-2H3,(H,16,17). The van der Waals surface area contributed by atoms with Crippen molar-refractivity contribution < 1.29 is 19.1 Å². The number of aromatic carboxylic acids is 1. The summed E-state index contributed by atoms with van der Waals surface area (Å²) < 4.78 is 11.6. The Morgan fingerprint density at radius 1 is 1.47 bits per heavy atom. The third kappa shape index (κ3) is 3.14. The molecule has 0 atom stereocenters. The second-order valence-electron chi connectivity index (χ2n) is 3.99. The minimum Gasteiger partial charge on any atom is -0.483 e. The lowest BCUT2D eigenvalue weighted by molar-refractivity contribution is 0.0696. The quantitative estimate of drug-likeness (QED) is 0.933. The van der Waals surface area contributed by atoms with E-state index in [1.165, 1.54) is 12.1 Å². The maximum Gasteiger partial charge on any atom is 0.335 e. The highest BCUT2D eigenvalue weighted by molar-refractivity contribution is 9.10. The SMILES string of the molecule is Cc1nc(COc2cc(C(=O)O)ccc2Br)oc1C. The molecule has 0 spiro atoms. The summed E-state index contributed by atoms with van der Waals surface area (Å²) in [5, 5.41) is 8.92. The first kappa shape index (κ1) is 13.6. The molecule has 0 bridgehead atoms. The van der Waals surface area contributed by atoms with Crippen LogP contribution in [0.5, 0.6) is 5.75 Å². The zero-order valence-corrected chi connectivity index (χ0v) is 12.0. The molecule has 0 saturated heterocycles. The number of halogens is 1. The number of hydrogen-bond donors (Lipinski definition) is 1. The lowest BCUT2D eigenvalue weighted by Gasteiger charge is -2.07. The van der Waals surface area contributed by atoms with E-state index in [-0.39, 0.29) is 12.2 Å². The summed E-state index contributed by atoms with van der Waals surface area (Å²) in [6, 6.07) is 4.58. The van der Waals surface area contributed by atoms with Gasteiger partial charge in [-0.25, -0.2) is 9.78 Å². The first-order valence-corrected chi connectivity index (χ1v) is 6.35. The van der Waals surface area contributed by atoms with E-state index in [4.69, 9.17) is 14.3 Å². The summed E-state index contributed by atoms with van der Waals surface area (Å²) >= 11 is 3.30. The third-order valence-electron chi connectivity index (χ3n) is 2.60. The van der Waals surface area contributed by atoms with E-state index in [9.17, 15) is 4.79 Å². The number of oxazole rings is 1. The number of ether oxygens (including phenoxy) is 1. The summed E-state index contributed by atoms with van der Waals surface area (Å²) in [5.41, 5.74) is 0.981. The first-order chi connectivity index (χ1) is 8.97. The van der Waals surface area contributed by atoms with Crippen LogP contribution < -0.4 is 4.74 Å². The van der Waals surface area contributed by atoms with Crippen molar-refractivity contribution in [2.24, 2.45) is 0 Å². The molecule has 0 aliphatic carbocycles. The predicted molar refractivity (Wildman–Crippen MR) is 71.4 cm³/mol. The second-order valence-corrected chi connectivity index (χ2v) is 4.84. The van der Waals surface area contributed by atoms with Gasteiger partial charge in [0.05, 0.1) is 15.7 Å². The first-order valence-electron chi connectivity index (χ1n) is 5.56. The molecule has 0 amide bonds. The Morgan fingerprint density at radius 2 is 2.21 bits per heavy atom. The Morgan fingerprint density at radius 3 is 2.79 bits per heavy atom. The van der Waals surface area contributed by atoms with Crippen molar-refractivity contribution in [1.29, 1.82) is 0 Å². The molecule has 100 valence electrons. The number of aromatic nitrogens is 1. The molecular formula is C13H12BrNO4. The van der Waals surface area contributed by atoms with Crippen molar-refractivity contribution in [3.05, 3.63) is 45.6 Å². The van der Waals surface area contributed by atoms with E-state index < -0.39 is 5.97 Å².